The molecule has 1 amide bonds. The number of rotatable bonds is 2. The zero-order valence-electron chi connectivity index (χ0n) is 13.2. The summed E-state index contributed by atoms with van der Waals surface area (Å²) in [5.41, 5.74) is 4.64. The lowest BCUT2D eigenvalue weighted by molar-refractivity contribution is 0.0746. The number of carbonyl (C=O) groups is 1. The number of benzene rings is 2. The summed E-state index contributed by atoms with van der Waals surface area (Å²) in [6.45, 7) is 5.13. The topological polar surface area (TPSA) is 35.6 Å². The van der Waals surface area contributed by atoms with Crippen molar-refractivity contribution in [2.24, 2.45) is 0 Å². The Hall–Kier alpha value is -2.33. The van der Waals surface area contributed by atoms with Gasteiger partial charge in [-0.15, -0.1) is 0 Å². The Balaban J connectivity index is 1.43. The van der Waals surface area contributed by atoms with E-state index in [1.165, 1.54) is 16.8 Å². The summed E-state index contributed by atoms with van der Waals surface area (Å²) in [4.78, 5) is 17.0. The van der Waals surface area contributed by atoms with Gasteiger partial charge in [0.1, 0.15) is 0 Å². The maximum atomic E-state index is 12.7. The number of piperazine rings is 1. The Bertz CT molecular complexity index is 706. The number of hydrogen-bond acceptors (Lipinski definition) is 3. The molecule has 0 unspecified atom stereocenters. The van der Waals surface area contributed by atoms with Crippen molar-refractivity contribution in [2.45, 2.75) is 13.1 Å². The van der Waals surface area contributed by atoms with Crippen LogP contribution in [0.15, 0.2) is 48.5 Å². The molecule has 0 aliphatic carbocycles. The molecule has 2 aliphatic heterocycles. The van der Waals surface area contributed by atoms with Crippen LogP contribution in [0.3, 0.4) is 0 Å². The number of amides is 1. The summed E-state index contributed by atoms with van der Waals surface area (Å²) in [6, 6.07) is 16.5. The summed E-state index contributed by atoms with van der Waals surface area (Å²) in [5.74, 6) is 0.160. The van der Waals surface area contributed by atoms with E-state index in [4.69, 9.17) is 0 Å². The second-order valence-electron chi connectivity index (χ2n) is 6.20. The standard InChI is InChI=1S/C19H21N3O/c23-19(15-6-7-16-13-20-14-17(16)12-15)22-10-8-21(9-11-22)18-4-2-1-3-5-18/h1-7,12,20H,8-11,13-14H2. The molecule has 0 atom stereocenters. The van der Waals surface area contributed by atoms with E-state index in [1.54, 1.807) is 0 Å². The van der Waals surface area contributed by atoms with E-state index in [0.717, 1.165) is 44.8 Å². The zero-order chi connectivity index (χ0) is 15.6. The Kier molecular flexibility index (Phi) is 3.75. The Labute approximate surface area is 136 Å². The maximum Gasteiger partial charge on any atom is 0.253 e. The molecule has 2 aliphatic rings. The van der Waals surface area contributed by atoms with E-state index >= 15 is 0 Å². The first-order valence-corrected chi connectivity index (χ1v) is 8.23. The Morgan fingerprint density at radius 2 is 1.61 bits per heavy atom. The van der Waals surface area contributed by atoms with Crippen molar-refractivity contribution in [1.29, 1.82) is 0 Å². The van der Waals surface area contributed by atoms with Crippen LogP contribution in [-0.4, -0.2) is 37.0 Å². The van der Waals surface area contributed by atoms with Gasteiger partial charge < -0.3 is 15.1 Å². The normalized spacial score (nSPS) is 17.2. The highest BCUT2D eigenvalue weighted by molar-refractivity contribution is 5.94. The highest BCUT2D eigenvalue weighted by Gasteiger charge is 2.23. The molecule has 1 saturated heterocycles. The van der Waals surface area contributed by atoms with Gasteiger partial charge in [-0.3, -0.25) is 4.79 Å². The molecule has 2 aromatic rings. The minimum absolute atomic E-state index is 0.160. The van der Waals surface area contributed by atoms with Crippen LogP contribution in [0.5, 0.6) is 0 Å². The third-order valence-electron chi connectivity index (χ3n) is 4.77. The van der Waals surface area contributed by atoms with Crippen LogP contribution in [-0.2, 0) is 13.1 Å². The predicted octanol–water partition coefficient (Wildman–Crippen LogP) is 2.25. The van der Waals surface area contributed by atoms with Gasteiger partial charge in [-0.05, 0) is 35.4 Å². The van der Waals surface area contributed by atoms with Gasteiger partial charge in [0.25, 0.3) is 5.91 Å². The minimum Gasteiger partial charge on any atom is -0.368 e. The fourth-order valence-electron chi connectivity index (χ4n) is 3.42. The maximum absolute atomic E-state index is 12.7. The SMILES string of the molecule is O=C(c1ccc2c(c1)CNC2)N1CCN(c2ccccc2)CC1. The number of nitrogens with zero attached hydrogens (tertiary/aromatic N) is 2. The second kappa shape index (κ2) is 6.05. The van der Waals surface area contributed by atoms with Crippen LogP contribution >= 0.6 is 0 Å². The van der Waals surface area contributed by atoms with Crippen LogP contribution in [0.25, 0.3) is 0 Å². The van der Waals surface area contributed by atoms with Crippen molar-refractivity contribution in [3.63, 3.8) is 0 Å². The molecule has 1 N–H and O–H groups in total. The summed E-state index contributed by atoms with van der Waals surface area (Å²) < 4.78 is 0. The molecule has 1 fully saturated rings. The molecule has 2 aromatic carbocycles. The van der Waals surface area contributed by atoms with Gasteiger partial charge in [0.05, 0.1) is 0 Å². The van der Waals surface area contributed by atoms with Crippen molar-refractivity contribution in [2.75, 3.05) is 31.1 Å². The van der Waals surface area contributed by atoms with Crippen LogP contribution in [0, 0.1) is 0 Å². The number of para-hydroxylation sites is 1. The minimum atomic E-state index is 0.160. The van der Waals surface area contributed by atoms with Gasteiger partial charge in [0.2, 0.25) is 0 Å². The highest BCUT2D eigenvalue weighted by atomic mass is 16.2. The van der Waals surface area contributed by atoms with Gasteiger partial charge in [-0.2, -0.15) is 0 Å². The molecular weight excluding hydrogens is 286 g/mol. The molecule has 4 nitrogen and oxygen atoms in total. The molecule has 0 aromatic heterocycles. The fraction of sp³-hybridized carbons (Fsp3) is 0.316. The smallest absolute Gasteiger partial charge is 0.253 e. The van der Waals surface area contributed by atoms with Crippen LogP contribution in [0.1, 0.15) is 21.5 Å². The summed E-state index contributed by atoms with van der Waals surface area (Å²) in [6.07, 6.45) is 0. The molecule has 4 rings (SSSR count). The van der Waals surface area contributed by atoms with Crippen LogP contribution < -0.4 is 10.2 Å². The number of nitrogens with one attached hydrogen (secondary N) is 1. The predicted molar refractivity (Wildman–Crippen MR) is 91.5 cm³/mol. The third kappa shape index (κ3) is 2.82. The second-order valence-corrected chi connectivity index (χ2v) is 6.20. The first kappa shape index (κ1) is 14.3. The highest BCUT2D eigenvalue weighted by Crippen LogP contribution is 2.20. The zero-order valence-corrected chi connectivity index (χ0v) is 13.2. The average molecular weight is 307 g/mol. The van der Waals surface area contributed by atoms with Crippen molar-refractivity contribution in [1.82, 2.24) is 10.2 Å². The molecular formula is C19H21N3O. The summed E-state index contributed by atoms with van der Waals surface area (Å²) in [5, 5.41) is 3.33. The van der Waals surface area contributed by atoms with Gasteiger partial charge in [-0.25, -0.2) is 0 Å². The largest absolute Gasteiger partial charge is 0.368 e. The third-order valence-corrected chi connectivity index (χ3v) is 4.77. The van der Waals surface area contributed by atoms with E-state index in [1.807, 2.05) is 17.0 Å². The molecule has 118 valence electrons. The number of carbonyl (C=O) groups excluding carboxylic acids is 1. The molecule has 23 heavy (non-hydrogen) atoms. The van der Waals surface area contributed by atoms with E-state index in [9.17, 15) is 4.79 Å². The van der Waals surface area contributed by atoms with Crippen molar-refractivity contribution < 1.29 is 4.79 Å². The molecule has 0 bridgehead atoms. The molecule has 0 saturated carbocycles. The van der Waals surface area contributed by atoms with Crippen molar-refractivity contribution >= 4 is 11.6 Å². The lowest BCUT2D eigenvalue weighted by atomic mass is 10.1. The molecule has 2 heterocycles. The Morgan fingerprint density at radius 1 is 0.870 bits per heavy atom. The Morgan fingerprint density at radius 3 is 2.39 bits per heavy atom. The first-order valence-electron chi connectivity index (χ1n) is 8.23. The quantitative estimate of drug-likeness (QED) is 0.924. The molecule has 4 heteroatoms. The lowest BCUT2D eigenvalue weighted by Gasteiger charge is -2.36. The molecule has 0 spiro atoms. The fourth-order valence-corrected chi connectivity index (χ4v) is 3.42. The van der Waals surface area contributed by atoms with E-state index in [-0.39, 0.29) is 5.91 Å². The van der Waals surface area contributed by atoms with Gasteiger partial charge in [0.15, 0.2) is 0 Å². The van der Waals surface area contributed by atoms with Crippen LogP contribution in [0.4, 0.5) is 5.69 Å². The monoisotopic (exact) mass is 307 g/mol. The first-order chi connectivity index (χ1) is 11.3. The average Bonchev–Trinajstić information content (AvgIpc) is 3.10. The van der Waals surface area contributed by atoms with Crippen molar-refractivity contribution in [3.8, 4) is 0 Å². The molecule has 0 radical (unpaired) electrons. The van der Waals surface area contributed by atoms with Crippen LogP contribution in [0.2, 0.25) is 0 Å². The lowest BCUT2D eigenvalue weighted by Crippen LogP contribution is -2.48. The number of fused-ring (bicyclic) bond motifs is 1. The van der Waals surface area contributed by atoms with Gasteiger partial charge in [0, 0.05) is 50.5 Å². The van der Waals surface area contributed by atoms with Gasteiger partial charge in [-0.1, -0.05) is 24.3 Å². The van der Waals surface area contributed by atoms with E-state index < -0.39 is 0 Å². The van der Waals surface area contributed by atoms with E-state index in [0.29, 0.717) is 0 Å². The number of anilines is 1. The van der Waals surface area contributed by atoms with Crippen molar-refractivity contribution in [3.05, 3.63) is 65.2 Å². The van der Waals surface area contributed by atoms with E-state index in [2.05, 4.69) is 46.6 Å². The van der Waals surface area contributed by atoms with Gasteiger partial charge >= 0.3 is 0 Å². The summed E-state index contributed by atoms with van der Waals surface area (Å²) in [7, 11) is 0. The summed E-state index contributed by atoms with van der Waals surface area (Å²) >= 11 is 0. The number of hydrogen-bond donors (Lipinski definition) is 1.